The van der Waals surface area contributed by atoms with Crippen LogP contribution in [0.3, 0.4) is 0 Å². The molecule has 2 amide bonds. The van der Waals surface area contributed by atoms with Crippen LogP contribution >= 0.6 is 11.6 Å². The first-order valence-corrected chi connectivity index (χ1v) is 10.1. The van der Waals surface area contributed by atoms with E-state index in [0.29, 0.717) is 38.9 Å². The number of rotatable bonds is 2. The topological polar surface area (TPSA) is 82.1 Å². The number of nitrogens with zero attached hydrogens (tertiary/aromatic N) is 1. The van der Waals surface area contributed by atoms with Crippen LogP contribution in [0.4, 0.5) is 10.5 Å². The summed E-state index contributed by atoms with van der Waals surface area (Å²) < 4.78 is 16.1. The molecule has 1 aliphatic carbocycles. The van der Waals surface area contributed by atoms with E-state index < -0.39 is 28.8 Å². The van der Waals surface area contributed by atoms with Gasteiger partial charge in [-0.1, -0.05) is 11.6 Å². The Bertz CT molecular complexity index is 1140. The summed E-state index contributed by atoms with van der Waals surface area (Å²) in [7, 11) is 2.97. The van der Waals surface area contributed by atoms with Gasteiger partial charge >= 0.3 is 6.09 Å². The zero-order valence-corrected chi connectivity index (χ0v) is 18.6. The van der Waals surface area contributed by atoms with Crippen molar-refractivity contribution >= 4 is 35.1 Å². The lowest BCUT2D eigenvalue weighted by atomic mass is 9.78. The maximum atomic E-state index is 13.7. The quantitative estimate of drug-likeness (QED) is 0.643. The van der Waals surface area contributed by atoms with E-state index >= 15 is 0 Å². The maximum absolute atomic E-state index is 13.7. The normalized spacial score (nSPS) is 19.5. The van der Waals surface area contributed by atoms with Crippen LogP contribution in [0.1, 0.15) is 42.3 Å². The van der Waals surface area contributed by atoms with Gasteiger partial charge in [-0.3, -0.25) is 9.59 Å². The number of Topliss-reactive ketones (excluding diaryl/α,β-unsaturated/α-hetero) is 1. The minimum atomic E-state index is -1.60. The number of fused-ring (bicyclic) bond motifs is 3. The molecular weight excluding hydrogens is 422 g/mol. The Kier molecular flexibility index (Phi) is 4.77. The van der Waals surface area contributed by atoms with Gasteiger partial charge in [0.05, 0.1) is 19.9 Å². The van der Waals surface area contributed by atoms with Crippen molar-refractivity contribution in [3.63, 3.8) is 0 Å². The number of ether oxygens (including phenoxy) is 3. The zero-order chi connectivity index (χ0) is 22.7. The highest BCUT2D eigenvalue weighted by Crippen LogP contribution is 2.52. The molecular formula is C23H22ClNO6. The van der Waals surface area contributed by atoms with Crippen molar-refractivity contribution in [2.75, 3.05) is 19.1 Å². The Morgan fingerprint density at radius 3 is 2.32 bits per heavy atom. The van der Waals surface area contributed by atoms with Crippen molar-refractivity contribution in [3.8, 4) is 11.5 Å². The third-order valence-corrected chi connectivity index (χ3v) is 5.74. The minimum absolute atomic E-state index is 0.0764. The molecule has 2 aromatic carbocycles. The summed E-state index contributed by atoms with van der Waals surface area (Å²) in [6.45, 7) is 5.12. The van der Waals surface area contributed by atoms with E-state index in [4.69, 9.17) is 25.8 Å². The number of hydrogen-bond acceptors (Lipinski definition) is 6. The molecule has 0 saturated heterocycles. The smallest absolute Gasteiger partial charge is 0.421 e. The standard InChI is InChI=1S/C23H22ClNO6/c1-22(2,3)31-21(28)25-16-7-6-13(24)9-15(16)23(20(25)27)11-12-8-17(29-4)18(30-5)10-14(12)19(23)26/h6-10H,11H2,1-5H3/t23-/m1/s1. The second-order valence-electron chi connectivity index (χ2n) is 8.56. The van der Waals surface area contributed by atoms with Gasteiger partial charge in [-0.25, -0.2) is 9.69 Å². The molecule has 1 heterocycles. The van der Waals surface area contributed by atoms with Crippen molar-refractivity contribution < 1.29 is 28.6 Å². The minimum Gasteiger partial charge on any atom is -0.493 e. The van der Waals surface area contributed by atoms with Crippen LogP contribution in [-0.4, -0.2) is 37.6 Å². The average molecular weight is 444 g/mol. The molecule has 0 radical (unpaired) electrons. The van der Waals surface area contributed by atoms with Gasteiger partial charge in [0.25, 0.3) is 5.91 Å². The van der Waals surface area contributed by atoms with Crippen LogP contribution in [0, 0.1) is 0 Å². The zero-order valence-electron chi connectivity index (χ0n) is 17.9. The number of halogens is 1. The number of benzene rings is 2. The summed E-state index contributed by atoms with van der Waals surface area (Å²) in [6, 6.07) is 7.96. The van der Waals surface area contributed by atoms with Gasteiger partial charge in [0.15, 0.2) is 17.3 Å². The molecule has 0 fully saturated rings. The van der Waals surface area contributed by atoms with Gasteiger partial charge < -0.3 is 14.2 Å². The Morgan fingerprint density at radius 1 is 1.06 bits per heavy atom. The number of anilines is 1. The molecule has 1 spiro atoms. The van der Waals surface area contributed by atoms with Crippen molar-refractivity contribution in [2.24, 2.45) is 0 Å². The molecule has 0 aromatic heterocycles. The van der Waals surface area contributed by atoms with Crippen molar-refractivity contribution in [1.82, 2.24) is 0 Å². The Balaban J connectivity index is 1.89. The van der Waals surface area contributed by atoms with E-state index in [9.17, 15) is 14.4 Å². The molecule has 2 aliphatic rings. The van der Waals surface area contributed by atoms with E-state index in [1.165, 1.54) is 14.2 Å². The van der Waals surface area contributed by atoms with Gasteiger partial charge in [-0.2, -0.15) is 0 Å². The molecule has 0 saturated carbocycles. The highest BCUT2D eigenvalue weighted by Gasteiger charge is 2.61. The Labute approximate surface area is 184 Å². The molecule has 0 unspecified atom stereocenters. The predicted octanol–water partition coefficient (Wildman–Crippen LogP) is 4.32. The van der Waals surface area contributed by atoms with E-state index in [-0.39, 0.29) is 6.42 Å². The monoisotopic (exact) mass is 443 g/mol. The first kappa shape index (κ1) is 21.2. The van der Waals surface area contributed by atoms with E-state index in [2.05, 4.69) is 0 Å². The van der Waals surface area contributed by atoms with Gasteiger partial charge in [0, 0.05) is 16.1 Å². The lowest BCUT2D eigenvalue weighted by Gasteiger charge is -2.25. The SMILES string of the molecule is COc1cc2c(cc1OC)C(=O)[C@]1(C2)C(=O)N(C(=O)OC(C)(C)C)c2ccc(Cl)cc21. The van der Waals surface area contributed by atoms with Crippen LogP contribution in [-0.2, 0) is 21.4 Å². The largest absolute Gasteiger partial charge is 0.493 e. The fourth-order valence-electron chi connectivity index (χ4n) is 4.21. The molecule has 8 heteroatoms. The third kappa shape index (κ3) is 3.07. The number of carbonyl (C=O) groups excluding carboxylic acids is 3. The summed E-state index contributed by atoms with van der Waals surface area (Å²) >= 11 is 6.22. The molecule has 1 aliphatic heterocycles. The number of imide groups is 1. The maximum Gasteiger partial charge on any atom is 0.421 e. The number of methoxy groups -OCH3 is 2. The van der Waals surface area contributed by atoms with Crippen molar-refractivity contribution in [2.45, 2.75) is 38.2 Å². The van der Waals surface area contributed by atoms with Crippen LogP contribution in [0.2, 0.25) is 5.02 Å². The highest BCUT2D eigenvalue weighted by molar-refractivity contribution is 6.35. The third-order valence-electron chi connectivity index (χ3n) is 5.50. The fraction of sp³-hybridized carbons (Fsp3) is 0.348. The van der Waals surface area contributed by atoms with E-state index in [1.54, 1.807) is 51.1 Å². The number of carbonyl (C=O) groups is 3. The van der Waals surface area contributed by atoms with Gasteiger partial charge in [0.1, 0.15) is 11.0 Å². The number of ketones is 1. The lowest BCUT2D eigenvalue weighted by Crippen LogP contribution is -2.48. The second-order valence-corrected chi connectivity index (χ2v) is 8.99. The molecule has 0 bridgehead atoms. The molecule has 2 aromatic rings. The van der Waals surface area contributed by atoms with Crippen LogP contribution < -0.4 is 14.4 Å². The van der Waals surface area contributed by atoms with Gasteiger partial charge in [-0.05, 0) is 63.1 Å². The summed E-state index contributed by atoms with van der Waals surface area (Å²) in [5, 5.41) is 0.357. The molecule has 1 atom stereocenters. The molecule has 4 rings (SSSR count). The van der Waals surface area contributed by atoms with Gasteiger partial charge in [0.2, 0.25) is 0 Å². The van der Waals surface area contributed by atoms with E-state index in [1.807, 2.05) is 0 Å². The molecule has 0 N–H and O–H groups in total. The molecule has 162 valence electrons. The average Bonchev–Trinajstić information content (AvgIpc) is 3.11. The summed E-state index contributed by atoms with van der Waals surface area (Å²) in [6.07, 6.45) is -0.760. The van der Waals surface area contributed by atoms with Crippen molar-refractivity contribution in [1.29, 1.82) is 0 Å². The first-order chi connectivity index (χ1) is 14.5. The Hall–Kier alpha value is -3.06. The summed E-state index contributed by atoms with van der Waals surface area (Å²) in [5.74, 6) is -0.236. The van der Waals surface area contributed by atoms with Crippen LogP contribution in [0.25, 0.3) is 0 Å². The fourth-order valence-corrected chi connectivity index (χ4v) is 4.39. The predicted molar refractivity (Wildman–Crippen MR) is 114 cm³/mol. The first-order valence-electron chi connectivity index (χ1n) is 9.71. The summed E-state index contributed by atoms with van der Waals surface area (Å²) in [5.41, 5.74) is -0.755. The summed E-state index contributed by atoms with van der Waals surface area (Å²) in [4.78, 5) is 41.3. The van der Waals surface area contributed by atoms with E-state index in [0.717, 1.165) is 4.90 Å². The lowest BCUT2D eigenvalue weighted by molar-refractivity contribution is -0.121. The highest BCUT2D eigenvalue weighted by atomic mass is 35.5. The van der Waals surface area contributed by atoms with Crippen LogP contribution in [0.15, 0.2) is 30.3 Å². The van der Waals surface area contributed by atoms with Gasteiger partial charge in [-0.15, -0.1) is 0 Å². The number of amides is 2. The van der Waals surface area contributed by atoms with Crippen LogP contribution in [0.5, 0.6) is 11.5 Å². The molecule has 31 heavy (non-hydrogen) atoms. The second kappa shape index (κ2) is 6.99. The number of hydrogen-bond donors (Lipinski definition) is 0. The van der Waals surface area contributed by atoms with Crippen molar-refractivity contribution in [3.05, 3.63) is 52.0 Å². The molecule has 7 nitrogen and oxygen atoms in total. The Morgan fingerprint density at radius 2 is 1.71 bits per heavy atom.